The van der Waals surface area contributed by atoms with Crippen LogP contribution in [0.15, 0.2) is 24.5 Å². The molecule has 1 aliphatic rings. The first-order chi connectivity index (χ1) is 7.27. The molecule has 1 fully saturated rings. The third-order valence-corrected chi connectivity index (χ3v) is 2.25. The number of thiocarbonyl (C=S) groups is 1. The Balaban J connectivity index is 2.01. The number of carbonyl (C=O) groups is 1. The first-order valence-corrected chi connectivity index (χ1v) is 4.81. The summed E-state index contributed by atoms with van der Waals surface area (Å²) in [6.07, 6.45) is 3.05. The van der Waals surface area contributed by atoms with Gasteiger partial charge in [-0.25, -0.2) is 4.79 Å². The van der Waals surface area contributed by atoms with Crippen LogP contribution < -0.4 is 5.32 Å². The summed E-state index contributed by atoms with van der Waals surface area (Å²) in [4.78, 5) is 21.0. The molecule has 1 N–H and O–H groups in total. The van der Waals surface area contributed by atoms with E-state index >= 15 is 0 Å². The van der Waals surface area contributed by atoms with Gasteiger partial charge in [0.25, 0.3) is 0 Å². The lowest BCUT2D eigenvalue weighted by Gasteiger charge is -2.15. The molecule has 0 radical (unpaired) electrons. The van der Waals surface area contributed by atoms with E-state index in [2.05, 4.69) is 10.3 Å². The highest BCUT2D eigenvalue weighted by atomic mass is 32.1. The molecule has 0 unspecified atom stereocenters. The first kappa shape index (κ1) is 10.0. The minimum Gasteiger partial charge on any atom is -0.334 e. The van der Waals surface area contributed by atoms with Gasteiger partial charge < -0.3 is 4.84 Å². The van der Waals surface area contributed by atoms with E-state index in [0.717, 1.165) is 0 Å². The predicted octanol–water partition coefficient (Wildman–Crippen LogP) is 0.344. The van der Waals surface area contributed by atoms with Crippen molar-refractivity contribution in [2.75, 3.05) is 13.2 Å². The Hall–Kier alpha value is -1.53. The van der Waals surface area contributed by atoms with Crippen molar-refractivity contribution in [2.24, 2.45) is 0 Å². The fraction of sp³-hybridized carbons (Fsp3) is 0.222. The van der Waals surface area contributed by atoms with Crippen LogP contribution in [0.3, 0.4) is 0 Å². The van der Waals surface area contributed by atoms with E-state index in [4.69, 9.17) is 17.1 Å². The summed E-state index contributed by atoms with van der Waals surface area (Å²) in [7, 11) is 0. The summed E-state index contributed by atoms with van der Waals surface area (Å²) in [5.74, 6) is -0.450. The minimum absolute atomic E-state index is 0.409. The van der Waals surface area contributed by atoms with Gasteiger partial charge in [-0.2, -0.15) is 5.06 Å². The second-order valence-electron chi connectivity index (χ2n) is 2.98. The molecule has 0 spiro atoms. The highest BCUT2D eigenvalue weighted by Gasteiger charge is 2.21. The van der Waals surface area contributed by atoms with Gasteiger partial charge in [0.05, 0.1) is 12.1 Å². The smallest absolute Gasteiger partial charge is 0.334 e. The Bertz CT molecular complexity index is 382. The van der Waals surface area contributed by atoms with Crippen molar-refractivity contribution in [1.82, 2.24) is 15.4 Å². The quantitative estimate of drug-likeness (QED) is 0.730. The zero-order valence-corrected chi connectivity index (χ0v) is 8.66. The molecule has 1 saturated heterocycles. The van der Waals surface area contributed by atoms with Crippen molar-refractivity contribution < 1.29 is 9.63 Å². The van der Waals surface area contributed by atoms with E-state index in [-0.39, 0.29) is 0 Å². The number of hydrogen-bond acceptors (Lipinski definition) is 5. The van der Waals surface area contributed by atoms with Crippen molar-refractivity contribution in [1.29, 1.82) is 0 Å². The number of nitrogens with one attached hydrogen (secondary N) is 1. The van der Waals surface area contributed by atoms with Gasteiger partial charge in [-0.3, -0.25) is 10.3 Å². The molecule has 5 nitrogen and oxygen atoms in total. The third-order valence-electron chi connectivity index (χ3n) is 1.90. The van der Waals surface area contributed by atoms with Crippen LogP contribution in [0.25, 0.3) is 0 Å². The molecular weight excluding hydrogens is 214 g/mol. The monoisotopic (exact) mass is 223 g/mol. The Kier molecular flexibility index (Phi) is 2.89. The standard InChI is InChI=1S/C9H9N3O2S/c13-9(7-2-1-3-10-4-7)14-12-6-11-5-8(12)15/h1-4,11H,5-6H2. The lowest BCUT2D eigenvalue weighted by molar-refractivity contribution is -0.0497. The van der Waals surface area contributed by atoms with Crippen LogP contribution in [-0.4, -0.2) is 34.2 Å². The van der Waals surface area contributed by atoms with E-state index in [1.165, 1.54) is 11.3 Å². The molecule has 6 heteroatoms. The van der Waals surface area contributed by atoms with Crippen molar-refractivity contribution in [3.8, 4) is 0 Å². The average molecular weight is 223 g/mol. The molecule has 1 aliphatic heterocycles. The van der Waals surface area contributed by atoms with E-state index in [1.54, 1.807) is 18.3 Å². The van der Waals surface area contributed by atoms with Crippen LogP contribution in [0.5, 0.6) is 0 Å². The molecule has 0 aliphatic carbocycles. The number of hydroxylamine groups is 2. The van der Waals surface area contributed by atoms with Gasteiger partial charge in [0.15, 0.2) is 0 Å². The number of carbonyl (C=O) groups excluding carboxylic acids is 1. The summed E-state index contributed by atoms with van der Waals surface area (Å²) in [6.45, 7) is 1.00. The normalized spacial score (nSPS) is 15.5. The summed E-state index contributed by atoms with van der Waals surface area (Å²) < 4.78 is 0. The predicted molar refractivity (Wildman–Crippen MR) is 57.0 cm³/mol. The Morgan fingerprint density at radius 2 is 2.53 bits per heavy atom. The zero-order chi connectivity index (χ0) is 10.7. The average Bonchev–Trinajstić information content (AvgIpc) is 2.66. The number of rotatable bonds is 2. The Morgan fingerprint density at radius 1 is 1.67 bits per heavy atom. The Morgan fingerprint density at radius 3 is 3.13 bits per heavy atom. The van der Waals surface area contributed by atoms with Crippen LogP contribution in [0.4, 0.5) is 0 Å². The number of pyridine rings is 1. The van der Waals surface area contributed by atoms with Gasteiger partial charge in [0.2, 0.25) is 0 Å². The second-order valence-corrected chi connectivity index (χ2v) is 3.45. The maximum atomic E-state index is 11.6. The molecule has 0 bridgehead atoms. The molecule has 15 heavy (non-hydrogen) atoms. The molecule has 1 aromatic rings. The lowest BCUT2D eigenvalue weighted by Crippen LogP contribution is -2.28. The van der Waals surface area contributed by atoms with E-state index in [9.17, 15) is 4.79 Å². The van der Waals surface area contributed by atoms with Crippen molar-refractivity contribution in [2.45, 2.75) is 0 Å². The summed E-state index contributed by atoms with van der Waals surface area (Å²) in [6, 6.07) is 3.32. The highest BCUT2D eigenvalue weighted by molar-refractivity contribution is 7.80. The number of aromatic nitrogens is 1. The summed E-state index contributed by atoms with van der Waals surface area (Å²) in [5.41, 5.74) is 0.409. The van der Waals surface area contributed by atoms with Crippen LogP contribution >= 0.6 is 12.2 Å². The van der Waals surface area contributed by atoms with Gasteiger partial charge >= 0.3 is 5.97 Å². The maximum Gasteiger partial charge on any atom is 0.364 e. The summed E-state index contributed by atoms with van der Waals surface area (Å²) in [5, 5.41) is 4.34. The molecule has 2 rings (SSSR count). The van der Waals surface area contributed by atoms with Crippen molar-refractivity contribution in [3.05, 3.63) is 30.1 Å². The SMILES string of the molecule is O=C(ON1CNCC1=S)c1cccnc1. The topological polar surface area (TPSA) is 54.5 Å². The molecule has 0 atom stereocenters. The fourth-order valence-corrected chi connectivity index (χ4v) is 1.36. The van der Waals surface area contributed by atoms with Gasteiger partial charge in [-0.05, 0) is 12.1 Å². The second kappa shape index (κ2) is 4.33. The van der Waals surface area contributed by atoms with Crippen molar-refractivity contribution >= 4 is 23.2 Å². The largest absolute Gasteiger partial charge is 0.364 e. The molecule has 0 aromatic carbocycles. The first-order valence-electron chi connectivity index (χ1n) is 4.41. The fourth-order valence-electron chi connectivity index (χ4n) is 1.16. The van der Waals surface area contributed by atoms with Crippen LogP contribution in [0.2, 0.25) is 0 Å². The van der Waals surface area contributed by atoms with E-state index in [1.807, 2.05) is 0 Å². The molecular formula is C9H9N3O2S. The van der Waals surface area contributed by atoms with Gasteiger partial charge in [0, 0.05) is 12.4 Å². The molecule has 0 saturated carbocycles. The van der Waals surface area contributed by atoms with Crippen LogP contribution in [0.1, 0.15) is 10.4 Å². The van der Waals surface area contributed by atoms with Gasteiger partial charge in [0.1, 0.15) is 11.7 Å². The summed E-state index contributed by atoms with van der Waals surface area (Å²) >= 11 is 4.98. The van der Waals surface area contributed by atoms with Crippen LogP contribution in [0, 0.1) is 0 Å². The highest BCUT2D eigenvalue weighted by Crippen LogP contribution is 2.04. The number of hydrogen-bond donors (Lipinski definition) is 1. The van der Waals surface area contributed by atoms with E-state index < -0.39 is 5.97 Å². The zero-order valence-electron chi connectivity index (χ0n) is 7.84. The molecule has 78 valence electrons. The van der Waals surface area contributed by atoms with Crippen LogP contribution in [-0.2, 0) is 4.84 Å². The third kappa shape index (κ3) is 2.28. The van der Waals surface area contributed by atoms with Gasteiger partial charge in [-0.15, -0.1) is 0 Å². The van der Waals surface area contributed by atoms with Crippen molar-refractivity contribution in [3.63, 3.8) is 0 Å². The maximum absolute atomic E-state index is 11.6. The minimum atomic E-state index is -0.450. The Labute approximate surface area is 92.0 Å². The number of nitrogens with zero attached hydrogens (tertiary/aromatic N) is 2. The van der Waals surface area contributed by atoms with E-state index in [0.29, 0.717) is 23.8 Å². The lowest BCUT2D eigenvalue weighted by atomic mass is 10.3. The van der Waals surface area contributed by atoms with Gasteiger partial charge in [-0.1, -0.05) is 12.2 Å². The molecule has 1 aromatic heterocycles. The molecule has 2 heterocycles. The molecule has 0 amide bonds.